The van der Waals surface area contributed by atoms with Crippen LogP contribution >= 0.6 is 34.9 Å². The van der Waals surface area contributed by atoms with E-state index in [4.69, 9.17) is 17.2 Å². The van der Waals surface area contributed by atoms with Crippen molar-refractivity contribution in [1.29, 1.82) is 0 Å². The van der Waals surface area contributed by atoms with Gasteiger partial charge in [-0.05, 0) is 38.2 Å². The summed E-state index contributed by atoms with van der Waals surface area (Å²) in [5.74, 6) is 0. The van der Waals surface area contributed by atoms with Crippen LogP contribution in [0.3, 0.4) is 0 Å². The highest BCUT2D eigenvalue weighted by molar-refractivity contribution is 7.73. The van der Waals surface area contributed by atoms with E-state index in [1.165, 1.54) is 9.60 Å². The average Bonchev–Trinajstić information content (AvgIpc) is 3.01. The van der Waals surface area contributed by atoms with Gasteiger partial charge in [-0.25, -0.2) is 4.98 Å². The summed E-state index contributed by atoms with van der Waals surface area (Å²) in [5, 5.41) is 6.64. The van der Waals surface area contributed by atoms with Crippen molar-refractivity contribution in [3.63, 3.8) is 0 Å². The maximum absolute atomic E-state index is 5.34. The number of para-hydroxylation sites is 1. The van der Waals surface area contributed by atoms with Crippen molar-refractivity contribution in [2.24, 2.45) is 0 Å². The SMILES string of the molecule is Cc1nn(C[NH+](C)[C@@H](C)c2nc3ccccc3s2)c(=S)s1. The topological polar surface area (TPSA) is 35.2 Å². The lowest BCUT2D eigenvalue weighted by atomic mass is 10.3. The summed E-state index contributed by atoms with van der Waals surface area (Å²) < 4.78 is 3.99. The highest BCUT2D eigenvalue weighted by Gasteiger charge is 2.20. The lowest BCUT2D eigenvalue weighted by molar-refractivity contribution is -0.933. The van der Waals surface area contributed by atoms with Gasteiger partial charge >= 0.3 is 0 Å². The van der Waals surface area contributed by atoms with Gasteiger partial charge in [-0.15, -0.1) is 11.3 Å². The second kappa shape index (κ2) is 5.92. The number of hydrogen-bond acceptors (Lipinski definition) is 5. The molecular weight excluding hydrogens is 320 g/mol. The lowest BCUT2D eigenvalue weighted by Gasteiger charge is -2.19. The fourth-order valence-electron chi connectivity index (χ4n) is 2.17. The molecule has 2 atom stereocenters. The minimum atomic E-state index is 0.311. The first-order valence-corrected chi connectivity index (χ1v) is 8.81. The van der Waals surface area contributed by atoms with Crippen LogP contribution in [0.1, 0.15) is 23.0 Å². The van der Waals surface area contributed by atoms with Crippen molar-refractivity contribution in [3.05, 3.63) is 38.2 Å². The molecule has 3 rings (SSSR count). The monoisotopic (exact) mass is 337 g/mol. The maximum atomic E-state index is 5.34. The van der Waals surface area contributed by atoms with E-state index in [0.29, 0.717) is 6.04 Å². The van der Waals surface area contributed by atoms with Crippen LogP contribution in [-0.2, 0) is 6.67 Å². The highest BCUT2D eigenvalue weighted by Crippen LogP contribution is 2.24. The van der Waals surface area contributed by atoms with Gasteiger partial charge in [-0.1, -0.05) is 23.5 Å². The largest absolute Gasteiger partial charge is 0.311 e. The van der Waals surface area contributed by atoms with Gasteiger partial charge in [0.25, 0.3) is 0 Å². The van der Waals surface area contributed by atoms with E-state index >= 15 is 0 Å². The molecule has 0 saturated heterocycles. The first-order valence-electron chi connectivity index (χ1n) is 6.77. The quantitative estimate of drug-likeness (QED) is 0.744. The molecule has 21 heavy (non-hydrogen) atoms. The van der Waals surface area contributed by atoms with E-state index in [1.807, 2.05) is 17.7 Å². The molecule has 3 aromatic rings. The van der Waals surface area contributed by atoms with Crippen LogP contribution < -0.4 is 4.90 Å². The number of thiazole rings is 1. The molecule has 1 unspecified atom stereocenters. The summed E-state index contributed by atoms with van der Waals surface area (Å²) in [7, 11) is 2.16. The van der Waals surface area contributed by atoms with E-state index in [2.05, 4.69) is 37.3 Å². The van der Waals surface area contributed by atoms with Crippen LogP contribution in [0.2, 0.25) is 0 Å². The predicted octanol–water partition coefficient (Wildman–Crippen LogP) is 2.83. The Kier molecular flexibility index (Phi) is 4.17. The third kappa shape index (κ3) is 3.06. The molecule has 7 heteroatoms. The smallest absolute Gasteiger partial charge is 0.184 e. The minimum absolute atomic E-state index is 0.311. The molecule has 0 aliphatic heterocycles. The predicted molar refractivity (Wildman–Crippen MR) is 90.6 cm³/mol. The number of aromatic nitrogens is 3. The second-order valence-corrected chi connectivity index (χ2v) is 8.02. The molecule has 0 amide bonds. The molecule has 0 bridgehead atoms. The Morgan fingerprint density at radius 1 is 1.33 bits per heavy atom. The van der Waals surface area contributed by atoms with Crippen molar-refractivity contribution >= 4 is 45.1 Å². The summed E-state index contributed by atoms with van der Waals surface area (Å²) in [6.07, 6.45) is 0. The second-order valence-electron chi connectivity index (χ2n) is 5.13. The molecule has 2 heterocycles. The Balaban J connectivity index is 1.82. The van der Waals surface area contributed by atoms with Gasteiger partial charge in [-0.2, -0.15) is 9.78 Å². The summed E-state index contributed by atoms with van der Waals surface area (Å²) in [6.45, 7) is 4.96. The number of rotatable bonds is 4. The van der Waals surface area contributed by atoms with E-state index in [0.717, 1.165) is 26.2 Å². The van der Waals surface area contributed by atoms with Gasteiger partial charge in [0.2, 0.25) is 0 Å². The van der Waals surface area contributed by atoms with Crippen LogP contribution in [0, 0.1) is 10.9 Å². The fraction of sp³-hybridized carbons (Fsp3) is 0.357. The molecule has 0 saturated carbocycles. The molecule has 2 aromatic heterocycles. The first-order chi connectivity index (χ1) is 10.0. The Morgan fingerprint density at radius 2 is 2.10 bits per heavy atom. The van der Waals surface area contributed by atoms with Gasteiger partial charge in [0, 0.05) is 0 Å². The average molecular weight is 338 g/mol. The van der Waals surface area contributed by atoms with E-state index in [-0.39, 0.29) is 0 Å². The summed E-state index contributed by atoms with van der Waals surface area (Å²) in [4.78, 5) is 6.08. The van der Waals surface area contributed by atoms with E-state index in [1.54, 1.807) is 22.7 Å². The summed E-state index contributed by atoms with van der Waals surface area (Å²) in [6, 6.07) is 8.59. The van der Waals surface area contributed by atoms with Crippen molar-refractivity contribution < 1.29 is 4.90 Å². The molecular formula is C14H17N4S3+. The van der Waals surface area contributed by atoms with Crippen LogP contribution in [0.5, 0.6) is 0 Å². The standard InChI is InChI=1S/C14H16N4S3/c1-9(13-15-11-6-4-5-7-12(11)21-13)17(3)8-18-14(19)20-10(2)16-18/h4-7,9H,8H2,1-3H3/p+1/t9-/m0/s1. The van der Waals surface area contributed by atoms with Crippen LogP contribution in [0.4, 0.5) is 0 Å². The molecule has 110 valence electrons. The van der Waals surface area contributed by atoms with Crippen LogP contribution in [0.15, 0.2) is 24.3 Å². The van der Waals surface area contributed by atoms with Gasteiger partial charge < -0.3 is 4.90 Å². The minimum Gasteiger partial charge on any atom is -0.311 e. The van der Waals surface area contributed by atoms with Crippen LogP contribution in [0.25, 0.3) is 10.2 Å². The Bertz CT molecular complexity index is 784. The Morgan fingerprint density at radius 3 is 2.76 bits per heavy atom. The van der Waals surface area contributed by atoms with E-state index in [9.17, 15) is 0 Å². The third-order valence-electron chi connectivity index (χ3n) is 3.53. The first kappa shape index (κ1) is 14.8. The van der Waals surface area contributed by atoms with Gasteiger partial charge in [0.15, 0.2) is 15.6 Å². The zero-order valence-electron chi connectivity index (χ0n) is 12.2. The molecule has 1 N–H and O–H groups in total. The number of nitrogens with one attached hydrogen (secondary N) is 1. The summed E-state index contributed by atoms with van der Waals surface area (Å²) >= 11 is 8.67. The molecule has 0 aliphatic carbocycles. The van der Waals surface area contributed by atoms with Gasteiger partial charge in [0.1, 0.15) is 11.0 Å². The third-order valence-corrected chi connectivity index (χ3v) is 5.97. The summed E-state index contributed by atoms with van der Waals surface area (Å²) in [5.41, 5.74) is 1.08. The molecule has 4 nitrogen and oxygen atoms in total. The zero-order chi connectivity index (χ0) is 15.0. The molecule has 0 aliphatic rings. The number of benzene rings is 1. The normalized spacial score (nSPS) is 14.4. The number of quaternary nitrogens is 1. The van der Waals surface area contributed by atoms with Crippen LogP contribution in [-0.4, -0.2) is 21.8 Å². The van der Waals surface area contributed by atoms with Crippen molar-refractivity contribution in [2.75, 3.05) is 7.05 Å². The fourth-order valence-corrected chi connectivity index (χ4v) is 4.35. The van der Waals surface area contributed by atoms with Crippen molar-refractivity contribution in [1.82, 2.24) is 14.8 Å². The Labute approximate surface area is 136 Å². The van der Waals surface area contributed by atoms with Gasteiger partial charge in [0.05, 0.1) is 17.3 Å². The molecule has 0 spiro atoms. The molecule has 1 aromatic carbocycles. The van der Waals surface area contributed by atoms with Crippen molar-refractivity contribution in [2.45, 2.75) is 26.6 Å². The number of hydrogen-bond donors (Lipinski definition) is 1. The number of nitrogens with zero attached hydrogens (tertiary/aromatic N) is 3. The number of aryl methyl sites for hydroxylation is 1. The maximum Gasteiger partial charge on any atom is 0.184 e. The van der Waals surface area contributed by atoms with Crippen molar-refractivity contribution in [3.8, 4) is 0 Å². The molecule has 0 fully saturated rings. The Hall–Kier alpha value is -1.15. The van der Waals surface area contributed by atoms with Gasteiger partial charge in [-0.3, -0.25) is 0 Å². The highest BCUT2D eigenvalue weighted by atomic mass is 32.1. The van der Waals surface area contributed by atoms with E-state index < -0.39 is 0 Å². The number of fused-ring (bicyclic) bond motifs is 1. The zero-order valence-corrected chi connectivity index (χ0v) is 14.6. The lowest BCUT2D eigenvalue weighted by Crippen LogP contribution is -3.08. The molecule has 0 radical (unpaired) electrons.